The third kappa shape index (κ3) is 2.53. The monoisotopic (exact) mass is 328 g/mol. The quantitative estimate of drug-likeness (QED) is 0.412. The van der Waals surface area contributed by atoms with Gasteiger partial charge in [0.1, 0.15) is 40.6 Å². The van der Waals surface area contributed by atoms with Crippen LogP contribution in [0.1, 0.15) is 0 Å². The van der Waals surface area contributed by atoms with Gasteiger partial charge in [-0.05, 0) is 0 Å². The third-order valence-corrected chi connectivity index (χ3v) is 4.38. The summed E-state index contributed by atoms with van der Waals surface area (Å²) in [6.45, 7) is 0. The van der Waals surface area contributed by atoms with Crippen LogP contribution in [-0.2, 0) is 9.53 Å². The Bertz CT molecular complexity index is 696. The summed E-state index contributed by atoms with van der Waals surface area (Å²) in [5.41, 5.74) is -0.227. The molecule has 22 heavy (non-hydrogen) atoms. The number of aliphatic hydroxyl groups is 3. The number of aromatic amines is 1. The molecule has 5 unspecified atom stereocenters. The van der Waals surface area contributed by atoms with Crippen molar-refractivity contribution in [3.63, 3.8) is 0 Å². The maximum Gasteiger partial charge on any atom is 0.335 e. The van der Waals surface area contributed by atoms with Crippen molar-refractivity contribution in [1.82, 2.24) is 19.9 Å². The molecule has 10 nitrogen and oxygen atoms in total. The number of rotatable bonds is 3. The molecule has 1 aliphatic heterocycles. The Morgan fingerprint density at radius 1 is 1.18 bits per heavy atom. The van der Waals surface area contributed by atoms with E-state index in [-0.39, 0.29) is 0 Å². The number of carboxylic acid groups (broad SMARTS) is 1. The van der Waals surface area contributed by atoms with E-state index in [4.69, 9.17) is 9.84 Å². The van der Waals surface area contributed by atoms with E-state index >= 15 is 0 Å². The van der Waals surface area contributed by atoms with Crippen LogP contribution in [0.2, 0.25) is 0 Å². The molecule has 0 aromatic carbocycles. The minimum Gasteiger partial charge on any atom is -0.479 e. The molecule has 2 aromatic rings. The normalized spacial score (nSPS) is 32.2. The average Bonchev–Trinajstić information content (AvgIpc) is 2.97. The minimum absolute atomic E-state index is 0.374. The van der Waals surface area contributed by atoms with Crippen molar-refractivity contribution in [2.24, 2.45) is 0 Å². The van der Waals surface area contributed by atoms with Crippen molar-refractivity contribution in [3.8, 4) is 0 Å². The van der Waals surface area contributed by atoms with Crippen molar-refractivity contribution < 1.29 is 30.0 Å². The van der Waals surface area contributed by atoms with Gasteiger partial charge in [0.2, 0.25) is 0 Å². The number of aliphatic hydroxyl groups excluding tert-OH is 3. The first-order valence-corrected chi connectivity index (χ1v) is 7.10. The first kappa shape index (κ1) is 15.1. The standard InChI is InChI=1S/C11H12N4O6S/c16-4-5(17)7(10(19)20)21-11(6(4)18)22-9-3-8(13-1-12-3)14-2-15-9/h1-2,4-7,11,16-18H,(H,19,20)(H,12,13,14,15). The topological polar surface area (TPSA) is 162 Å². The molecule has 118 valence electrons. The van der Waals surface area contributed by atoms with E-state index in [0.717, 1.165) is 11.8 Å². The van der Waals surface area contributed by atoms with Gasteiger partial charge in [-0.15, -0.1) is 0 Å². The van der Waals surface area contributed by atoms with Crippen LogP contribution in [-0.4, -0.2) is 76.2 Å². The predicted molar refractivity (Wildman–Crippen MR) is 71.9 cm³/mol. The number of fused-ring (bicyclic) bond motifs is 1. The first-order chi connectivity index (χ1) is 10.5. The molecule has 3 rings (SSSR count). The van der Waals surface area contributed by atoms with Crippen molar-refractivity contribution >= 4 is 28.9 Å². The highest BCUT2D eigenvalue weighted by atomic mass is 32.2. The van der Waals surface area contributed by atoms with Gasteiger partial charge < -0.3 is 30.1 Å². The number of hydrogen-bond acceptors (Lipinski definition) is 9. The first-order valence-electron chi connectivity index (χ1n) is 6.22. The molecule has 5 atom stereocenters. The van der Waals surface area contributed by atoms with E-state index in [1.165, 1.54) is 12.7 Å². The Morgan fingerprint density at radius 2 is 1.95 bits per heavy atom. The summed E-state index contributed by atoms with van der Waals surface area (Å²) < 4.78 is 5.18. The van der Waals surface area contributed by atoms with Crippen molar-refractivity contribution in [3.05, 3.63) is 12.7 Å². The second-order valence-corrected chi connectivity index (χ2v) is 5.72. The molecule has 2 aromatic heterocycles. The molecule has 0 bridgehead atoms. The lowest BCUT2D eigenvalue weighted by atomic mass is 10.0. The number of hydrogen-bond donors (Lipinski definition) is 5. The third-order valence-electron chi connectivity index (χ3n) is 3.23. The number of nitrogens with zero attached hydrogens (tertiary/aromatic N) is 3. The Hall–Kier alpha value is -1.79. The van der Waals surface area contributed by atoms with Crippen LogP contribution in [0.4, 0.5) is 0 Å². The lowest BCUT2D eigenvalue weighted by Crippen LogP contribution is -2.58. The van der Waals surface area contributed by atoms with Crippen LogP contribution in [0.5, 0.6) is 0 Å². The lowest BCUT2D eigenvalue weighted by Gasteiger charge is -2.38. The number of nitrogens with one attached hydrogen (secondary N) is 1. The number of aliphatic carboxylic acids is 1. The fourth-order valence-corrected chi connectivity index (χ4v) is 3.16. The van der Waals surface area contributed by atoms with Gasteiger partial charge >= 0.3 is 5.97 Å². The Labute approximate surface area is 127 Å². The van der Waals surface area contributed by atoms with Crippen LogP contribution in [0.3, 0.4) is 0 Å². The fourth-order valence-electron chi connectivity index (χ4n) is 2.09. The molecule has 1 saturated heterocycles. The second kappa shape index (κ2) is 5.78. The van der Waals surface area contributed by atoms with E-state index in [1.807, 2.05) is 0 Å². The van der Waals surface area contributed by atoms with Gasteiger partial charge in [0, 0.05) is 0 Å². The average molecular weight is 328 g/mol. The van der Waals surface area contributed by atoms with E-state index in [2.05, 4.69) is 19.9 Å². The van der Waals surface area contributed by atoms with Gasteiger partial charge in [-0.3, -0.25) is 0 Å². The molecule has 0 saturated carbocycles. The van der Waals surface area contributed by atoms with E-state index in [1.54, 1.807) is 0 Å². The number of imidazole rings is 1. The molecule has 0 radical (unpaired) electrons. The van der Waals surface area contributed by atoms with Crippen LogP contribution >= 0.6 is 11.8 Å². The molecule has 0 spiro atoms. The number of H-pyrrole nitrogens is 1. The minimum atomic E-state index is -1.72. The van der Waals surface area contributed by atoms with Crippen LogP contribution < -0.4 is 0 Å². The number of carboxylic acids is 1. The summed E-state index contributed by atoms with van der Waals surface area (Å²) in [5, 5.41) is 38.8. The Kier molecular flexibility index (Phi) is 3.97. The van der Waals surface area contributed by atoms with Crippen molar-refractivity contribution in [2.75, 3.05) is 0 Å². The molecule has 3 heterocycles. The molecule has 0 aliphatic carbocycles. The molecule has 5 N–H and O–H groups in total. The van der Waals surface area contributed by atoms with E-state index in [9.17, 15) is 20.1 Å². The maximum atomic E-state index is 11.1. The Balaban J connectivity index is 1.87. The summed E-state index contributed by atoms with van der Waals surface area (Å²) in [7, 11) is 0. The zero-order chi connectivity index (χ0) is 15.9. The smallest absolute Gasteiger partial charge is 0.335 e. The van der Waals surface area contributed by atoms with Gasteiger partial charge in [0.25, 0.3) is 0 Å². The number of carbonyl (C=O) groups is 1. The van der Waals surface area contributed by atoms with Crippen LogP contribution in [0.15, 0.2) is 17.7 Å². The number of aromatic nitrogens is 4. The summed E-state index contributed by atoms with van der Waals surface area (Å²) in [6, 6.07) is 0. The predicted octanol–water partition coefficient (Wildman–Crippen LogP) is -1.66. The van der Waals surface area contributed by atoms with Gasteiger partial charge in [-0.1, -0.05) is 11.8 Å². The lowest BCUT2D eigenvalue weighted by molar-refractivity contribution is -0.209. The van der Waals surface area contributed by atoms with Gasteiger partial charge in [-0.25, -0.2) is 19.7 Å². The highest BCUT2D eigenvalue weighted by molar-refractivity contribution is 8.00. The Morgan fingerprint density at radius 3 is 2.68 bits per heavy atom. The van der Waals surface area contributed by atoms with Gasteiger partial charge in [-0.2, -0.15) is 0 Å². The number of ether oxygens (including phenoxy) is 1. The molecular formula is C11H12N4O6S. The highest BCUT2D eigenvalue weighted by Crippen LogP contribution is 2.34. The zero-order valence-electron chi connectivity index (χ0n) is 10.9. The van der Waals surface area contributed by atoms with E-state index < -0.39 is 35.8 Å². The molecule has 1 fully saturated rings. The molecule has 1 aliphatic rings. The largest absolute Gasteiger partial charge is 0.479 e. The number of thioether (sulfide) groups is 1. The summed E-state index contributed by atoms with van der Waals surface area (Å²) in [5.74, 6) is -1.43. The van der Waals surface area contributed by atoms with Gasteiger partial charge in [0.15, 0.2) is 11.8 Å². The van der Waals surface area contributed by atoms with Crippen LogP contribution in [0.25, 0.3) is 11.2 Å². The second-order valence-electron chi connectivity index (χ2n) is 4.63. The van der Waals surface area contributed by atoms with Gasteiger partial charge in [0.05, 0.1) is 6.33 Å². The van der Waals surface area contributed by atoms with Crippen LogP contribution in [0, 0.1) is 0 Å². The van der Waals surface area contributed by atoms with E-state index in [0.29, 0.717) is 16.2 Å². The highest BCUT2D eigenvalue weighted by Gasteiger charge is 2.47. The SMILES string of the molecule is O=C(O)C1OC(Sc2ncnc3nc[nH]c23)C(O)C(O)C1O. The molecule has 0 amide bonds. The fraction of sp³-hybridized carbons (Fsp3) is 0.455. The summed E-state index contributed by atoms with van der Waals surface area (Å²) in [6.07, 6.45) is -3.81. The summed E-state index contributed by atoms with van der Waals surface area (Å²) >= 11 is 0.905. The van der Waals surface area contributed by atoms with Crippen molar-refractivity contribution in [1.29, 1.82) is 0 Å². The molecule has 11 heteroatoms. The summed E-state index contributed by atoms with van der Waals surface area (Å²) in [4.78, 5) is 25.8. The zero-order valence-corrected chi connectivity index (χ0v) is 11.7. The van der Waals surface area contributed by atoms with Crippen molar-refractivity contribution in [2.45, 2.75) is 34.9 Å². The molecular weight excluding hydrogens is 316 g/mol. The maximum absolute atomic E-state index is 11.1.